The molecule has 92 valence electrons. The minimum absolute atomic E-state index is 0.281. The summed E-state index contributed by atoms with van der Waals surface area (Å²) in [6.45, 7) is 5.93. The maximum Gasteiger partial charge on any atom is 0.123 e. The first kappa shape index (κ1) is 13.7. The molecule has 0 N–H and O–H groups in total. The predicted molar refractivity (Wildman–Crippen MR) is 66.9 cm³/mol. The predicted octanol–water partition coefficient (Wildman–Crippen LogP) is 3.18. The Balaban J connectivity index is 2.67. The summed E-state index contributed by atoms with van der Waals surface area (Å²) in [4.78, 5) is 2.12. The van der Waals surface area contributed by atoms with E-state index in [-0.39, 0.29) is 5.82 Å². The largest absolute Gasteiger partial charge is 0.302 e. The van der Waals surface area contributed by atoms with Gasteiger partial charge in [-0.25, -0.2) is 4.39 Å². The molecule has 0 aliphatic rings. The lowest BCUT2D eigenvalue weighted by molar-refractivity contribution is 0.303. The van der Waals surface area contributed by atoms with Crippen LogP contribution in [0.2, 0.25) is 0 Å². The van der Waals surface area contributed by atoms with Crippen LogP contribution in [0, 0.1) is 23.1 Å². The average Bonchev–Trinajstić information content (AvgIpc) is 2.27. The van der Waals surface area contributed by atoms with Crippen molar-refractivity contribution in [1.29, 1.82) is 5.26 Å². The Labute approximate surface area is 103 Å². The number of nitriles is 1. The molecule has 0 radical (unpaired) electrons. The molecule has 0 atom stereocenters. The third-order valence-corrected chi connectivity index (χ3v) is 2.72. The normalized spacial score (nSPS) is 10.9. The Hall–Kier alpha value is -1.40. The number of nitrogens with zero attached hydrogens (tertiary/aromatic N) is 2. The SMILES string of the molecule is CC(C)CCN(C)Cc1cc(F)ccc1C#N. The van der Waals surface area contributed by atoms with Crippen LogP contribution in [0.15, 0.2) is 18.2 Å². The van der Waals surface area contributed by atoms with Gasteiger partial charge in [0.15, 0.2) is 0 Å². The molecule has 0 saturated carbocycles. The summed E-state index contributed by atoms with van der Waals surface area (Å²) in [5, 5.41) is 8.95. The molecule has 0 aliphatic carbocycles. The number of benzene rings is 1. The Morgan fingerprint density at radius 2 is 2.12 bits per heavy atom. The summed E-state index contributed by atoms with van der Waals surface area (Å²) in [5.41, 5.74) is 1.32. The summed E-state index contributed by atoms with van der Waals surface area (Å²) >= 11 is 0. The summed E-state index contributed by atoms with van der Waals surface area (Å²) in [7, 11) is 1.99. The van der Waals surface area contributed by atoms with Crippen molar-refractivity contribution in [1.82, 2.24) is 4.90 Å². The summed E-state index contributed by atoms with van der Waals surface area (Å²) in [5.74, 6) is 0.372. The minimum atomic E-state index is -0.281. The zero-order chi connectivity index (χ0) is 12.8. The number of rotatable bonds is 5. The lowest BCUT2D eigenvalue weighted by Gasteiger charge is -2.18. The van der Waals surface area contributed by atoms with Gasteiger partial charge in [-0.3, -0.25) is 0 Å². The second kappa shape index (κ2) is 6.36. The van der Waals surface area contributed by atoms with E-state index in [1.54, 1.807) is 6.07 Å². The van der Waals surface area contributed by atoms with Crippen molar-refractivity contribution < 1.29 is 4.39 Å². The van der Waals surface area contributed by atoms with Gasteiger partial charge in [-0.05, 0) is 49.7 Å². The van der Waals surface area contributed by atoms with E-state index >= 15 is 0 Å². The zero-order valence-electron chi connectivity index (χ0n) is 10.7. The van der Waals surface area contributed by atoms with Crippen LogP contribution in [0.5, 0.6) is 0 Å². The molecule has 1 aromatic carbocycles. The maximum atomic E-state index is 13.1. The summed E-state index contributed by atoms with van der Waals surface area (Å²) in [6, 6.07) is 6.42. The smallest absolute Gasteiger partial charge is 0.123 e. The highest BCUT2D eigenvalue weighted by atomic mass is 19.1. The van der Waals surface area contributed by atoms with Crippen LogP contribution in [0.1, 0.15) is 31.4 Å². The van der Waals surface area contributed by atoms with E-state index in [2.05, 4.69) is 24.8 Å². The fourth-order valence-electron chi connectivity index (χ4n) is 1.65. The van der Waals surface area contributed by atoms with E-state index in [4.69, 9.17) is 5.26 Å². The quantitative estimate of drug-likeness (QED) is 0.782. The van der Waals surface area contributed by atoms with Gasteiger partial charge in [0.25, 0.3) is 0 Å². The van der Waals surface area contributed by atoms with Gasteiger partial charge in [-0.15, -0.1) is 0 Å². The highest BCUT2D eigenvalue weighted by molar-refractivity contribution is 5.37. The van der Waals surface area contributed by atoms with E-state index in [0.29, 0.717) is 18.0 Å². The third-order valence-electron chi connectivity index (χ3n) is 2.72. The molecule has 0 amide bonds. The van der Waals surface area contributed by atoms with Gasteiger partial charge in [0.1, 0.15) is 5.82 Å². The molecular weight excluding hydrogens is 215 g/mol. The van der Waals surface area contributed by atoms with Crippen LogP contribution in [0.25, 0.3) is 0 Å². The van der Waals surface area contributed by atoms with E-state index in [1.165, 1.54) is 12.1 Å². The first-order valence-electron chi connectivity index (χ1n) is 5.90. The molecular formula is C14H19FN2. The van der Waals surface area contributed by atoms with E-state index in [0.717, 1.165) is 18.5 Å². The molecule has 0 aromatic heterocycles. The standard InChI is InChI=1S/C14H19FN2/c1-11(2)6-7-17(3)10-13-8-14(15)5-4-12(13)9-16/h4-5,8,11H,6-7,10H2,1-3H3. The van der Waals surface area contributed by atoms with Crippen molar-refractivity contribution in [2.24, 2.45) is 5.92 Å². The monoisotopic (exact) mass is 234 g/mol. The minimum Gasteiger partial charge on any atom is -0.302 e. The Bertz CT molecular complexity index is 407. The van der Waals surface area contributed by atoms with E-state index < -0.39 is 0 Å². The first-order valence-corrected chi connectivity index (χ1v) is 5.90. The molecule has 3 heteroatoms. The van der Waals surface area contributed by atoms with Gasteiger partial charge in [-0.1, -0.05) is 13.8 Å². The van der Waals surface area contributed by atoms with Gasteiger partial charge in [-0.2, -0.15) is 5.26 Å². The Kier molecular flexibility index (Phi) is 5.11. The molecule has 0 spiro atoms. The lowest BCUT2D eigenvalue weighted by atomic mass is 10.1. The van der Waals surface area contributed by atoms with Crippen LogP contribution >= 0.6 is 0 Å². The highest BCUT2D eigenvalue weighted by Gasteiger charge is 2.07. The van der Waals surface area contributed by atoms with Crippen molar-refractivity contribution in [3.8, 4) is 6.07 Å². The van der Waals surface area contributed by atoms with Crippen LogP contribution in [0.4, 0.5) is 4.39 Å². The van der Waals surface area contributed by atoms with Crippen LogP contribution in [0.3, 0.4) is 0 Å². The molecule has 0 bridgehead atoms. The van der Waals surface area contributed by atoms with Gasteiger partial charge in [0, 0.05) is 6.54 Å². The number of hydrogen-bond donors (Lipinski definition) is 0. The van der Waals surface area contributed by atoms with Crippen molar-refractivity contribution in [3.05, 3.63) is 35.1 Å². The van der Waals surface area contributed by atoms with Gasteiger partial charge >= 0.3 is 0 Å². The Morgan fingerprint density at radius 1 is 1.41 bits per heavy atom. The number of halogens is 1. The van der Waals surface area contributed by atoms with Crippen molar-refractivity contribution in [2.45, 2.75) is 26.8 Å². The molecule has 0 fully saturated rings. The topological polar surface area (TPSA) is 27.0 Å². The molecule has 0 unspecified atom stereocenters. The number of hydrogen-bond acceptors (Lipinski definition) is 2. The van der Waals surface area contributed by atoms with Gasteiger partial charge < -0.3 is 4.90 Å². The Morgan fingerprint density at radius 3 is 2.71 bits per heavy atom. The van der Waals surface area contributed by atoms with Crippen molar-refractivity contribution >= 4 is 0 Å². The zero-order valence-corrected chi connectivity index (χ0v) is 10.7. The lowest BCUT2D eigenvalue weighted by Crippen LogP contribution is -2.21. The average molecular weight is 234 g/mol. The van der Waals surface area contributed by atoms with Gasteiger partial charge in [0.05, 0.1) is 11.6 Å². The van der Waals surface area contributed by atoms with Gasteiger partial charge in [0.2, 0.25) is 0 Å². The molecule has 0 heterocycles. The second-order valence-electron chi connectivity index (χ2n) is 4.83. The molecule has 1 rings (SSSR count). The summed E-state index contributed by atoms with van der Waals surface area (Å²) in [6.07, 6.45) is 1.10. The van der Waals surface area contributed by atoms with Crippen molar-refractivity contribution in [2.75, 3.05) is 13.6 Å². The van der Waals surface area contributed by atoms with E-state index in [1.807, 2.05) is 7.05 Å². The van der Waals surface area contributed by atoms with Crippen LogP contribution < -0.4 is 0 Å². The summed E-state index contributed by atoms with van der Waals surface area (Å²) < 4.78 is 13.1. The maximum absolute atomic E-state index is 13.1. The third kappa shape index (κ3) is 4.54. The molecule has 0 saturated heterocycles. The second-order valence-corrected chi connectivity index (χ2v) is 4.83. The molecule has 1 aromatic rings. The highest BCUT2D eigenvalue weighted by Crippen LogP contribution is 2.13. The molecule has 17 heavy (non-hydrogen) atoms. The fourth-order valence-corrected chi connectivity index (χ4v) is 1.65. The van der Waals surface area contributed by atoms with Crippen molar-refractivity contribution in [3.63, 3.8) is 0 Å². The molecule has 0 aliphatic heterocycles. The first-order chi connectivity index (χ1) is 8.02. The van der Waals surface area contributed by atoms with Crippen LogP contribution in [-0.4, -0.2) is 18.5 Å². The van der Waals surface area contributed by atoms with E-state index in [9.17, 15) is 4.39 Å². The van der Waals surface area contributed by atoms with Crippen LogP contribution in [-0.2, 0) is 6.54 Å². The molecule has 2 nitrogen and oxygen atoms in total. The fraction of sp³-hybridized carbons (Fsp3) is 0.500.